The van der Waals surface area contributed by atoms with E-state index in [1.807, 2.05) is 36.4 Å². The lowest BCUT2D eigenvalue weighted by Gasteiger charge is -2.14. The zero-order chi connectivity index (χ0) is 22.5. The van der Waals surface area contributed by atoms with Crippen molar-refractivity contribution in [3.05, 3.63) is 81.7 Å². The number of nitrogens with one attached hydrogen (secondary N) is 2. The summed E-state index contributed by atoms with van der Waals surface area (Å²) in [4.78, 5) is 26.9. The number of esters is 1. The van der Waals surface area contributed by atoms with Crippen LogP contribution in [0.1, 0.15) is 56.5 Å². The zero-order valence-corrected chi connectivity index (χ0v) is 19.4. The first-order chi connectivity index (χ1) is 15.6. The molecule has 1 aromatic heterocycles. The molecule has 0 spiro atoms. The van der Waals surface area contributed by atoms with Crippen LogP contribution in [0.25, 0.3) is 0 Å². The standard InChI is InChI=1S/C25H24N2O3S2/c1-2-30-24(29)21-18-13-7-9-15-20(18)32-23(21)27-25(31)26-19-14-8-6-12-17(19)22(28)16-10-4-3-5-11-16/h3-6,8,10-12,14H,2,7,9,13,15H2,1H3,(H2,26,27,31). The Hall–Kier alpha value is -3.03. The molecule has 1 aliphatic carbocycles. The minimum atomic E-state index is -0.322. The highest BCUT2D eigenvalue weighted by molar-refractivity contribution is 7.80. The molecule has 1 aliphatic rings. The molecule has 4 rings (SSSR count). The van der Waals surface area contributed by atoms with Crippen molar-refractivity contribution in [1.82, 2.24) is 0 Å². The van der Waals surface area contributed by atoms with Gasteiger partial charge in [0.15, 0.2) is 10.9 Å². The van der Waals surface area contributed by atoms with E-state index in [0.29, 0.717) is 39.1 Å². The van der Waals surface area contributed by atoms with Gasteiger partial charge in [-0.05, 0) is 62.5 Å². The third-order valence-corrected chi connectivity index (χ3v) is 6.75. The van der Waals surface area contributed by atoms with Crippen molar-refractivity contribution in [2.75, 3.05) is 17.2 Å². The van der Waals surface area contributed by atoms with Gasteiger partial charge in [0.1, 0.15) is 5.00 Å². The van der Waals surface area contributed by atoms with Gasteiger partial charge in [-0.15, -0.1) is 11.3 Å². The number of hydrogen-bond donors (Lipinski definition) is 2. The van der Waals surface area contributed by atoms with Crippen LogP contribution in [0.4, 0.5) is 10.7 Å². The molecule has 164 valence electrons. The molecule has 0 atom stereocenters. The van der Waals surface area contributed by atoms with E-state index in [2.05, 4.69) is 10.6 Å². The highest BCUT2D eigenvalue weighted by atomic mass is 32.1. The number of para-hydroxylation sites is 1. The lowest BCUT2D eigenvalue weighted by atomic mass is 9.95. The van der Waals surface area contributed by atoms with Crippen LogP contribution >= 0.6 is 23.6 Å². The first-order valence-corrected chi connectivity index (χ1v) is 11.9. The summed E-state index contributed by atoms with van der Waals surface area (Å²) >= 11 is 7.11. The van der Waals surface area contributed by atoms with Crippen LogP contribution in [0.15, 0.2) is 54.6 Å². The predicted molar refractivity (Wildman–Crippen MR) is 133 cm³/mol. The Morgan fingerprint density at radius 3 is 2.50 bits per heavy atom. The van der Waals surface area contributed by atoms with Crippen LogP contribution in [-0.2, 0) is 17.6 Å². The van der Waals surface area contributed by atoms with Crippen LogP contribution in [0.5, 0.6) is 0 Å². The molecule has 1 heterocycles. The number of ether oxygens (including phenoxy) is 1. The third-order valence-electron chi connectivity index (χ3n) is 5.33. The summed E-state index contributed by atoms with van der Waals surface area (Å²) in [5.74, 6) is -0.410. The number of rotatable bonds is 6. The summed E-state index contributed by atoms with van der Waals surface area (Å²) in [6.45, 7) is 2.12. The molecule has 0 saturated carbocycles. The average molecular weight is 465 g/mol. The fourth-order valence-electron chi connectivity index (χ4n) is 3.86. The largest absolute Gasteiger partial charge is 0.462 e. The molecule has 7 heteroatoms. The normalized spacial score (nSPS) is 12.5. The second-order valence-corrected chi connectivity index (χ2v) is 8.97. The number of aryl methyl sites for hydroxylation is 1. The number of anilines is 2. The van der Waals surface area contributed by atoms with E-state index in [4.69, 9.17) is 17.0 Å². The number of benzene rings is 2. The number of carbonyl (C=O) groups is 2. The monoisotopic (exact) mass is 464 g/mol. The van der Waals surface area contributed by atoms with Gasteiger partial charge >= 0.3 is 5.97 Å². The fourth-order valence-corrected chi connectivity index (χ4v) is 5.42. The lowest BCUT2D eigenvalue weighted by Crippen LogP contribution is -2.22. The van der Waals surface area contributed by atoms with E-state index in [1.165, 1.54) is 4.88 Å². The van der Waals surface area contributed by atoms with E-state index in [1.54, 1.807) is 36.5 Å². The maximum absolute atomic E-state index is 13.0. The number of ketones is 1. The van der Waals surface area contributed by atoms with Crippen molar-refractivity contribution >= 4 is 51.1 Å². The van der Waals surface area contributed by atoms with Crippen molar-refractivity contribution in [3.8, 4) is 0 Å². The summed E-state index contributed by atoms with van der Waals surface area (Å²) in [7, 11) is 0. The second-order valence-electron chi connectivity index (χ2n) is 7.46. The Balaban J connectivity index is 1.57. The Labute approximate surface area is 196 Å². The van der Waals surface area contributed by atoms with Gasteiger partial charge in [-0.25, -0.2) is 4.79 Å². The van der Waals surface area contributed by atoms with Gasteiger partial charge in [0.2, 0.25) is 0 Å². The minimum Gasteiger partial charge on any atom is -0.462 e. The van der Waals surface area contributed by atoms with Crippen molar-refractivity contribution in [3.63, 3.8) is 0 Å². The van der Waals surface area contributed by atoms with Crippen LogP contribution in [-0.4, -0.2) is 23.5 Å². The zero-order valence-electron chi connectivity index (χ0n) is 17.8. The highest BCUT2D eigenvalue weighted by Crippen LogP contribution is 2.38. The number of carbonyl (C=O) groups excluding carboxylic acids is 2. The van der Waals surface area contributed by atoms with Gasteiger partial charge < -0.3 is 15.4 Å². The van der Waals surface area contributed by atoms with Crippen LogP contribution in [0.3, 0.4) is 0 Å². The molecule has 0 radical (unpaired) electrons. The SMILES string of the molecule is CCOC(=O)c1c(NC(=S)Nc2ccccc2C(=O)c2ccccc2)sc2c1CCCC2. The Morgan fingerprint density at radius 2 is 1.72 bits per heavy atom. The molecule has 32 heavy (non-hydrogen) atoms. The molecule has 0 aliphatic heterocycles. The maximum Gasteiger partial charge on any atom is 0.341 e. The molecular formula is C25H24N2O3S2. The third kappa shape index (κ3) is 4.74. The number of fused-ring (bicyclic) bond motifs is 1. The summed E-state index contributed by atoms with van der Waals surface area (Å²) in [5, 5.41) is 7.35. The molecule has 0 fully saturated rings. The highest BCUT2D eigenvalue weighted by Gasteiger charge is 2.27. The summed E-state index contributed by atoms with van der Waals surface area (Å²) < 4.78 is 5.31. The van der Waals surface area contributed by atoms with Gasteiger partial charge in [-0.1, -0.05) is 42.5 Å². The Morgan fingerprint density at radius 1 is 1.00 bits per heavy atom. The van der Waals surface area contributed by atoms with Crippen LogP contribution in [0.2, 0.25) is 0 Å². The Kier molecular flexibility index (Phi) is 6.97. The first-order valence-electron chi connectivity index (χ1n) is 10.7. The van der Waals surface area contributed by atoms with Crippen molar-refractivity contribution in [2.45, 2.75) is 32.6 Å². The molecule has 0 bridgehead atoms. The first kappa shape index (κ1) is 22.2. The summed E-state index contributed by atoms with van der Waals surface area (Å²) in [5.41, 5.74) is 3.40. The van der Waals surface area contributed by atoms with Gasteiger partial charge in [0.05, 0.1) is 17.9 Å². The fraction of sp³-hybridized carbons (Fsp3) is 0.240. The molecule has 2 aromatic carbocycles. The molecule has 5 nitrogen and oxygen atoms in total. The van der Waals surface area contributed by atoms with Crippen LogP contribution in [0, 0.1) is 0 Å². The predicted octanol–water partition coefficient (Wildman–Crippen LogP) is 5.84. The van der Waals surface area contributed by atoms with E-state index < -0.39 is 0 Å². The summed E-state index contributed by atoms with van der Waals surface area (Å²) in [6.07, 6.45) is 4.01. The number of hydrogen-bond acceptors (Lipinski definition) is 5. The Bertz CT molecular complexity index is 1160. The molecule has 0 saturated heterocycles. The van der Waals surface area contributed by atoms with Crippen LogP contribution < -0.4 is 10.6 Å². The minimum absolute atomic E-state index is 0.0877. The summed E-state index contributed by atoms with van der Waals surface area (Å²) in [6, 6.07) is 16.4. The van der Waals surface area contributed by atoms with E-state index in [9.17, 15) is 9.59 Å². The number of thiophene rings is 1. The van der Waals surface area contributed by atoms with Crippen molar-refractivity contribution in [1.29, 1.82) is 0 Å². The molecular weight excluding hydrogens is 440 g/mol. The van der Waals surface area contributed by atoms with Gasteiger partial charge in [-0.3, -0.25) is 4.79 Å². The maximum atomic E-state index is 13.0. The smallest absolute Gasteiger partial charge is 0.341 e. The second kappa shape index (κ2) is 10.1. The van der Waals surface area contributed by atoms with Gasteiger partial charge in [0, 0.05) is 16.0 Å². The quantitative estimate of drug-likeness (QED) is 0.271. The molecule has 2 N–H and O–H groups in total. The van der Waals surface area contributed by atoms with Gasteiger partial charge in [0.25, 0.3) is 0 Å². The van der Waals surface area contributed by atoms with Crippen molar-refractivity contribution < 1.29 is 14.3 Å². The average Bonchev–Trinajstić information content (AvgIpc) is 3.17. The van der Waals surface area contributed by atoms with E-state index in [0.717, 1.165) is 31.2 Å². The topological polar surface area (TPSA) is 67.4 Å². The molecule has 0 unspecified atom stereocenters. The number of thiocarbonyl (C=S) groups is 1. The molecule has 3 aromatic rings. The lowest BCUT2D eigenvalue weighted by molar-refractivity contribution is 0.0526. The molecule has 0 amide bonds. The van der Waals surface area contributed by atoms with Crippen molar-refractivity contribution in [2.24, 2.45) is 0 Å². The van der Waals surface area contributed by atoms with E-state index >= 15 is 0 Å². The van der Waals surface area contributed by atoms with Gasteiger partial charge in [-0.2, -0.15) is 0 Å². The van der Waals surface area contributed by atoms with E-state index in [-0.39, 0.29) is 11.8 Å².